The van der Waals surface area contributed by atoms with Crippen molar-refractivity contribution in [2.75, 3.05) is 0 Å². The fourth-order valence-corrected chi connectivity index (χ4v) is 2.43. The number of nitrogens with zero attached hydrogens (tertiary/aromatic N) is 3. The maximum atomic E-state index is 12.4. The van der Waals surface area contributed by atoms with Gasteiger partial charge in [0.2, 0.25) is 5.88 Å². The second-order valence-corrected chi connectivity index (χ2v) is 5.05. The van der Waals surface area contributed by atoms with Crippen LogP contribution in [0.3, 0.4) is 0 Å². The predicted octanol–water partition coefficient (Wildman–Crippen LogP) is 3.06. The highest BCUT2D eigenvalue weighted by atomic mass is 16.3. The minimum Gasteiger partial charge on any atom is -0.493 e. The fraction of sp³-hybridized carbons (Fsp3) is 0.312. The molecule has 0 aliphatic carbocycles. The van der Waals surface area contributed by atoms with Crippen molar-refractivity contribution >= 4 is 0 Å². The average Bonchev–Trinajstić information content (AvgIpc) is 2.74. The molecular formula is C16H19N3O3. The van der Waals surface area contributed by atoms with Gasteiger partial charge >= 0.3 is 5.69 Å². The van der Waals surface area contributed by atoms with Crippen molar-refractivity contribution in [3.05, 3.63) is 63.6 Å². The lowest BCUT2D eigenvalue weighted by molar-refractivity contribution is 0.436. The topological polar surface area (TPSA) is 76.6 Å². The van der Waals surface area contributed by atoms with Crippen LogP contribution in [0.4, 0.5) is 0 Å². The van der Waals surface area contributed by atoms with Crippen LogP contribution < -0.4 is 5.69 Å². The van der Waals surface area contributed by atoms with Crippen molar-refractivity contribution in [3.8, 4) is 11.6 Å². The van der Waals surface area contributed by atoms with Gasteiger partial charge in [-0.3, -0.25) is 4.57 Å². The molecule has 0 aliphatic heterocycles. The molecule has 22 heavy (non-hydrogen) atoms. The number of imidazole rings is 1. The second-order valence-electron chi connectivity index (χ2n) is 5.05. The van der Waals surface area contributed by atoms with Gasteiger partial charge in [0.25, 0.3) is 0 Å². The van der Waals surface area contributed by atoms with E-state index in [1.807, 2.05) is 6.92 Å². The van der Waals surface area contributed by atoms with E-state index in [2.05, 4.69) is 11.8 Å². The molecule has 1 atom stereocenters. The summed E-state index contributed by atoms with van der Waals surface area (Å²) in [7, 11) is 0. The highest BCUT2D eigenvalue weighted by Crippen LogP contribution is 2.24. The van der Waals surface area contributed by atoms with E-state index in [0.717, 1.165) is 5.56 Å². The van der Waals surface area contributed by atoms with Crippen LogP contribution >= 0.6 is 0 Å². The number of aromatic nitrogens is 2. The van der Waals surface area contributed by atoms with Crippen LogP contribution in [0.1, 0.15) is 30.6 Å². The average molecular weight is 301 g/mol. The van der Waals surface area contributed by atoms with Gasteiger partial charge in [-0.1, -0.05) is 30.3 Å². The minimum absolute atomic E-state index is 0.0971. The van der Waals surface area contributed by atoms with E-state index in [9.17, 15) is 14.8 Å². The third kappa shape index (κ3) is 2.59. The Balaban J connectivity index is 2.49. The maximum Gasteiger partial charge on any atom is 0.336 e. The summed E-state index contributed by atoms with van der Waals surface area (Å²) in [6.45, 7) is 7.50. The summed E-state index contributed by atoms with van der Waals surface area (Å²) in [5, 5.41) is 13.3. The molecule has 0 saturated heterocycles. The van der Waals surface area contributed by atoms with E-state index >= 15 is 0 Å². The van der Waals surface area contributed by atoms with E-state index in [1.165, 1.54) is 9.13 Å². The molecule has 6 nitrogen and oxygen atoms in total. The van der Waals surface area contributed by atoms with Crippen LogP contribution in [0.25, 0.3) is 5.69 Å². The SMILES string of the molecule is C=CCn1c(C)c(O)n(-c2ccc(C(CC)N=O)cc2)c1=O. The smallest absolute Gasteiger partial charge is 0.336 e. The van der Waals surface area contributed by atoms with Gasteiger partial charge in [-0.2, -0.15) is 4.91 Å². The second kappa shape index (κ2) is 6.43. The van der Waals surface area contributed by atoms with E-state index < -0.39 is 6.04 Å². The zero-order valence-electron chi connectivity index (χ0n) is 12.7. The molecule has 0 spiro atoms. The number of benzene rings is 1. The molecule has 1 N–H and O–H groups in total. The van der Waals surface area contributed by atoms with Crippen LogP contribution in [0.5, 0.6) is 5.88 Å². The number of nitroso groups, excluding NO2 is 1. The zero-order valence-corrected chi connectivity index (χ0v) is 12.7. The maximum absolute atomic E-state index is 12.4. The van der Waals surface area contributed by atoms with Gasteiger partial charge in [-0.25, -0.2) is 9.36 Å². The molecule has 2 rings (SSSR count). The van der Waals surface area contributed by atoms with Crippen molar-refractivity contribution in [3.63, 3.8) is 0 Å². The van der Waals surface area contributed by atoms with E-state index in [1.54, 1.807) is 37.3 Å². The Morgan fingerprint density at radius 1 is 1.36 bits per heavy atom. The summed E-state index contributed by atoms with van der Waals surface area (Å²) in [5.74, 6) is -0.0971. The number of rotatable bonds is 6. The molecular weight excluding hydrogens is 282 g/mol. The highest BCUT2D eigenvalue weighted by molar-refractivity contribution is 5.40. The Morgan fingerprint density at radius 2 is 2.00 bits per heavy atom. The summed E-state index contributed by atoms with van der Waals surface area (Å²) in [6.07, 6.45) is 2.21. The van der Waals surface area contributed by atoms with Crippen molar-refractivity contribution in [2.24, 2.45) is 5.18 Å². The van der Waals surface area contributed by atoms with Gasteiger partial charge in [0, 0.05) is 6.54 Å². The van der Waals surface area contributed by atoms with Gasteiger partial charge in [0.15, 0.2) is 0 Å². The molecule has 0 saturated carbocycles. The normalized spacial score (nSPS) is 12.1. The minimum atomic E-state index is -0.397. The highest BCUT2D eigenvalue weighted by Gasteiger charge is 2.17. The molecule has 116 valence electrons. The Labute approximate surface area is 128 Å². The molecule has 1 heterocycles. The van der Waals surface area contributed by atoms with Gasteiger partial charge in [-0.05, 0) is 31.0 Å². The monoisotopic (exact) mass is 301 g/mol. The molecule has 0 bridgehead atoms. The Bertz CT molecular complexity index is 741. The first-order valence-corrected chi connectivity index (χ1v) is 7.09. The van der Waals surface area contributed by atoms with Gasteiger partial charge in [-0.15, -0.1) is 6.58 Å². The third-order valence-corrected chi connectivity index (χ3v) is 3.72. The molecule has 2 aromatic rings. The summed E-state index contributed by atoms with van der Waals surface area (Å²) < 4.78 is 2.68. The lowest BCUT2D eigenvalue weighted by atomic mass is 10.1. The van der Waals surface area contributed by atoms with Crippen LogP contribution in [-0.4, -0.2) is 14.2 Å². The van der Waals surface area contributed by atoms with E-state index in [4.69, 9.17) is 0 Å². The molecule has 0 amide bonds. The standard InChI is InChI=1S/C16H19N3O3/c1-4-10-18-11(3)15(20)19(16(18)21)13-8-6-12(7-9-13)14(5-2)17-22/h4,6-9,14,20H,1,5,10H2,2-3H3. The number of hydrogen-bond acceptors (Lipinski definition) is 4. The molecule has 0 aliphatic rings. The van der Waals surface area contributed by atoms with E-state index in [-0.39, 0.29) is 11.6 Å². The first-order chi connectivity index (χ1) is 10.5. The largest absolute Gasteiger partial charge is 0.493 e. The van der Waals surface area contributed by atoms with Crippen molar-refractivity contribution < 1.29 is 5.11 Å². The van der Waals surface area contributed by atoms with Crippen LogP contribution in [0, 0.1) is 11.8 Å². The first kappa shape index (κ1) is 15.8. The van der Waals surface area contributed by atoms with Gasteiger partial charge < -0.3 is 5.11 Å². The van der Waals surface area contributed by atoms with Gasteiger partial charge in [0.05, 0.1) is 11.4 Å². The Kier molecular flexibility index (Phi) is 4.60. The summed E-state index contributed by atoms with van der Waals surface area (Å²) in [5.41, 5.74) is 1.48. The Hall–Kier alpha value is -2.63. The molecule has 6 heteroatoms. The van der Waals surface area contributed by atoms with Crippen LogP contribution in [-0.2, 0) is 6.54 Å². The predicted molar refractivity (Wildman–Crippen MR) is 85.5 cm³/mol. The Morgan fingerprint density at radius 3 is 2.50 bits per heavy atom. The number of aromatic hydroxyl groups is 1. The molecule has 1 aromatic carbocycles. The van der Waals surface area contributed by atoms with Crippen molar-refractivity contribution in [2.45, 2.75) is 32.9 Å². The molecule has 1 aromatic heterocycles. The summed E-state index contributed by atoms with van der Waals surface area (Å²) >= 11 is 0. The summed E-state index contributed by atoms with van der Waals surface area (Å²) in [4.78, 5) is 23.1. The van der Waals surface area contributed by atoms with Crippen molar-refractivity contribution in [1.29, 1.82) is 0 Å². The quantitative estimate of drug-likeness (QED) is 0.658. The molecule has 0 radical (unpaired) electrons. The zero-order chi connectivity index (χ0) is 16.3. The lowest BCUT2D eigenvalue weighted by Gasteiger charge is -2.08. The molecule has 0 fully saturated rings. The molecule has 1 unspecified atom stereocenters. The van der Waals surface area contributed by atoms with E-state index in [0.29, 0.717) is 24.3 Å². The van der Waals surface area contributed by atoms with Crippen LogP contribution in [0.2, 0.25) is 0 Å². The van der Waals surface area contributed by atoms with Gasteiger partial charge in [0.1, 0.15) is 6.04 Å². The summed E-state index contributed by atoms with van der Waals surface area (Å²) in [6, 6.07) is 6.49. The number of hydrogen-bond donors (Lipinski definition) is 1. The lowest BCUT2D eigenvalue weighted by Crippen LogP contribution is -2.23. The fourth-order valence-electron chi connectivity index (χ4n) is 2.43. The third-order valence-electron chi connectivity index (χ3n) is 3.72. The first-order valence-electron chi connectivity index (χ1n) is 7.09. The van der Waals surface area contributed by atoms with Crippen molar-refractivity contribution in [1.82, 2.24) is 9.13 Å². The van der Waals surface area contributed by atoms with Crippen LogP contribution in [0.15, 0.2) is 46.9 Å². The number of allylic oxidation sites excluding steroid dienone is 1.